The molecule has 2 aromatic heterocycles. The molecule has 0 bridgehead atoms. The molecule has 1 fully saturated rings. The second kappa shape index (κ2) is 11.9. The van der Waals surface area contributed by atoms with Gasteiger partial charge in [-0.1, -0.05) is 17.7 Å². The van der Waals surface area contributed by atoms with Crippen molar-refractivity contribution in [3.05, 3.63) is 81.6 Å². The van der Waals surface area contributed by atoms with Gasteiger partial charge in [0, 0.05) is 67.7 Å². The Morgan fingerprint density at radius 2 is 1.93 bits per heavy atom. The van der Waals surface area contributed by atoms with E-state index in [-0.39, 0.29) is 24.3 Å². The Kier molecular flexibility index (Phi) is 7.81. The van der Waals surface area contributed by atoms with E-state index in [4.69, 9.17) is 11.6 Å². The number of aryl methyl sites for hydroxylation is 1. The molecule has 0 aliphatic carbocycles. The van der Waals surface area contributed by atoms with Crippen LogP contribution in [-0.4, -0.2) is 75.5 Å². The highest BCUT2D eigenvalue weighted by molar-refractivity contribution is 7.13. The first kappa shape index (κ1) is 28.9. The van der Waals surface area contributed by atoms with E-state index in [0.29, 0.717) is 33.5 Å². The monoisotopic (exact) mass is 637 g/mol. The van der Waals surface area contributed by atoms with Crippen molar-refractivity contribution in [3.8, 4) is 11.1 Å². The maximum atomic E-state index is 15.7. The van der Waals surface area contributed by atoms with Gasteiger partial charge in [-0.3, -0.25) is 19.8 Å². The van der Waals surface area contributed by atoms with Gasteiger partial charge in [-0.05, 0) is 48.2 Å². The zero-order chi connectivity index (χ0) is 30.4. The van der Waals surface area contributed by atoms with Gasteiger partial charge >= 0.3 is 0 Å². The van der Waals surface area contributed by atoms with Gasteiger partial charge in [0.15, 0.2) is 11.2 Å². The Bertz CT molecular complexity index is 1720. The van der Waals surface area contributed by atoms with Gasteiger partial charge in [-0.15, -0.1) is 11.3 Å². The number of aromatic nitrogens is 3. The average molecular weight is 638 g/mol. The number of benzene rings is 2. The van der Waals surface area contributed by atoms with Gasteiger partial charge < -0.3 is 14.4 Å². The maximum absolute atomic E-state index is 15.7. The highest BCUT2D eigenvalue weighted by Crippen LogP contribution is 2.39. The molecule has 1 N–H and O–H groups in total. The number of rotatable bonds is 8. The highest BCUT2D eigenvalue weighted by Gasteiger charge is 2.42. The lowest BCUT2D eigenvalue weighted by Crippen LogP contribution is -2.47. The summed E-state index contributed by atoms with van der Waals surface area (Å²) in [5.74, 6) is -1.40. The fraction of sp³-hybridized carbons (Fsp3) is 0.355. The van der Waals surface area contributed by atoms with Crippen LogP contribution < -0.4 is 10.2 Å². The zero-order valence-corrected chi connectivity index (χ0v) is 25.4. The second-order valence-corrected chi connectivity index (χ2v) is 12.5. The highest BCUT2D eigenvalue weighted by atomic mass is 35.5. The summed E-state index contributed by atoms with van der Waals surface area (Å²) in [6, 6.07) is 7.59. The molecule has 3 aliphatic heterocycles. The molecule has 13 heteroatoms. The van der Waals surface area contributed by atoms with Crippen molar-refractivity contribution in [1.29, 1.82) is 0 Å². The summed E-state index contributed by atoms with van der Waals surface area (Å²) in [4.78, 5) is 42.0. The molecule has 44 heavy (non-hydrogen) atoms. The number of carbonyl (C=O) groups excluding carboxylic acids is 2. The minimum atomic E-state index is -1.05. The van der Waals surface area contributed by atoms with Gasteiger partial charge in [-0.25, -0.2) is 18.7 Å². The molecule has 7 rings (SSSR count). The van der Waals surface area contributed by atoms with Crippen molar-refractivity contribution in [2.45, 2.75) is 32.0 Å². The van der Waals surface area contributed by atoms with Crippen molar-refractivity contribution in [1.82, 2.24) is 24.3 Å². The Labute approximate surface area is 262 Å². The SMILES string of the molecule is O=C(Nc1nccs1)C(c1ncn2c1CCC2)N1Cc2c(F)cc(-c3ccc(N4CCN(CCF)CC4)c(Cl)c3)cc2C1=O. The smallest absolute Gasteiger partial charge is 0.255 e. The number of alkyl halides is 1. The molecule has 1 atom stereocenters. The van der Waals surface area contributed by atoms with Crippen LogP contribution in [0.25, 0.3) is 11.1 Å². The normalized spacial score (nSPS) is 17.2. The third-order valence-corrected chi connectivity index (χ3v) is 9.67. The van der Waals surface area contributed by atoms with E-state index < -0.39 is 23.7 Å². The van der Waals surface area contributed by atoms with Gasteiger partial charge in [-0.2, -0.15) is 0 Å². The molecule has 228 valence electrons. The summed E-state index contributed by atoms with van der Waals surface area (Å²) < 4.78 is 30.4. The number of amides is 2. The zero-order valence-electron chi connectivity index (χ0n) is 23.8. The number of hydrogen-bond donors (Lipinski definition) is 1. The van der Waals surface area contributed by atoms with Crippen LogP contribution in [0.4, 0.5) is 19.6 Å². The summed E-state index contributed by atoms with van der Waals surface area (Å²) in [6.45, 7) is 3.77. The molecule has 9 nitrogen and oxygen atoms in total. The largest absolute Gasteiger partial charge is 0.368 e. The predicted octanol–water partition coefficient (Wildman–Crippen LogP) is 5.17. The van der Waals surface area contributed by atoms with Crippen molar-refractivity contribution in [2.24, 2.45) is 0 Å². The van der Waals surface area contributed by atoms with Crippen LogP contribution in [0.5, 0.6) is 0 Å². The molecule has 2 amide bonds. The number of carbonyl (C=O) groups is 2. The number of thiazole rings is 1. The van der Waals surface area contributed by atoms with Crippen LogP contribution in [0.15, 0.2) is 48.2 Å². The summed E-state index contributed by atoms with van der Waals surface area (Å²) in [5.41, 5.74) is 3.93. The molecule has 5 heterocycles. The van der Waals surface area contributed by atoms with E-state index >= 15 is 4.39 Å². The number of nitrogens with one attached hydrogen (secondary N) is 1. The number of imidazole rings is 1. The maximum Gasteiger partial charge on any atom is 0.255 e. The Hall–Kier alpha value is -3.87. The lowest BCUT2D eigenvalue weighted by atomic mass is 9.99. The minimum absolute atomic E-state index is 0.0589. The van der Waals surface area contributed by atoms with E-state index in [1.165, 1.54) is 22.3 Å². The topological polar surface area (TPSA) is 86.6 Å². The molecule has 2 aromatic carbocycles. The van der Waals surface area contributed by atoms with Crippen molar-refractivity contribution in [3.63, 3.8) is 0 Å². The fourth-order valence-electron chi connectivity index (χ4n) is 6.44. The first-order chi connectivity index (χ1) is 21.4. The molecule has 1 saturated heterocycles. The summed E-state index contributed by atoms with van der Waals surface area (Å²) in [5, 5.41) is 5.50. The molecular weight excluding hydrogens is 608 g/mol. The van der Waals surface area contributed by atoms with E-state index in [2.05, 4.69) is 25.1 Å². The number of halogens is 3. The third kappa shape index (κ3) is 5.24. The van der Waals surface area contributed by atoms with Crippen LogP contribution in [0, 0.1) is 5.82 Å². The Balaban J connectivity index is 1.17. The number of anilines is 2. The average Bonchev–Trinajstić information content (AvgIpc) is 3.82. The van der Waals surface area contributed by atoms with E-state index in [9.17, 15) is 14.0 Å². The van der Waals surface area contributed by atoms with Gasteiger partial charge in [0.2, 0.25) is 0 Å². The van der Waals surface area contributed by atoms with E-state index in [1.54, 1.807) is 30.0 Å². The van der Waals surface area contributed by atoms with Crippen molar-refractivity contribution in [2.75, 3.05) is 49.6 Å². The number of fused-ring (bicyclic) bond motifs is 2. The summed E-state index contributed by atoms with van der Waals surface area (Å²) >= 11 is 7.99. The Morgan fingerprint density at radius 3 is 2.68 bits per heavy atom. The first-order valence-corrected chi connectivity index (χ1v) is 15.9. The van der Waals surface area contributed by atoms with Crippen LogP contribution in [0.1, 0.15) is 39.8 Å². The minimum Gasteiger partial charge on any atom is -0.368 e. The predicted molar refractivity (Wildman–Crippen MR) is 165 cm³/mol. The van der Waals surface area contributed by atoms with Crippen molar-refractivity contribution >= 4 is 45.6 Å². The standard InChI is InChI=1S/C31H30ClF2N7O2S/c32-23-15-19(3-4-25(23)39-11-9-38(8-5-33)10-12-39)20-14-21-22(24(34)16-20)17-41(30(21)43)28(29(42)37-31-35-6-13-44-31)27-26-2-1-7-40(26)18-36-27/h3-4,6,13-16,18,28H,1-2,5,7-12,17H2,(H,35,37,42). The van der Waals surface area contributed by atoms with E-state index in [0.717, 1.165) is 56.9 Å². The molecule has 1 unspecified atom stereocenters. The molecule has 0 radical (unpaired) electrons. The first-order valence-electron chi connectivity index (χ1n) is 14.6. The molecule has 0 saturated carbocycles. The Morgan fingerprint density at radius 1 is 1.09 bits per heavy atom. The molecular formula is C31H30ClF2N7O2S. The molecule has 3 aliphatic rings. The van der Waals surface area contributed by atoms with E-state index in [1.807, 2.05) is 16.7 Å². The fourth-order valence-corrected chi connectivity index (χ4v) is 7.27. The number of nitrogens with zero attached hydrogens (tertiary/aromatic N) is 6. The van der Waals surface area contributed by atoms with Crippen LogP contribution in [0.2, 0.25) is 5.02 Å². The lowest BCUT2D eigenvalue weighted by molar-refractivity contribution is -0.121. The third-order valence-electron chi connectivity index (χ3n) is 8.68. The van der Waals surface area contributed by atoms with Gasteiger partial charge in [0.25, 0.3) is 11.8 Å². The van der Waals surface area contributed by atoms with Crippen LogP contribution >= 0.6 is 22.9 Å². The number of piperazine rings is 1. The lowest BCUT2D eigenvalue weighted by Gasteiger charge is -2.36. The summed E-state index contributed by atoms with van der Waals surface area (Å²) in [7, 11) is 0. The van der Waals surface area contributed by atoms with Gasteiger partial charge in [0.1, 0.15) is 12.5 Å². The second-order valence-electron chi connectivity index (χ2n) is 11.2. The number of hydrogen-bond acceptors (Lipinski definition) is 7. The van der Waals surface area contributed by atoms with Crippen molar-refractivity contribution < 1.29 is 18.4 Å². The summed E-state index contributed by atoms with van der Waals surface area (Å²) in [6.07, 6.45) is 4.96. The molecule has 0 spiro atoms. The van der Waals surface area contributed by atoms with Gasteiger partial charge in [0.05, 0.1) is 29.3 Å². The van der Waals surface area contributed by atoms with Crippen LogP contribution in [0.3, 0.4) is 0 Å². The van der Waals surface area contributed by atoms with Crippen LogP contribution in [-0.2, 0) is 24.3 Å². The quantitative estimate of drug-likeness (QED) is 0.287. The molecule has 4 aromatic rings.